The molecule has 2 N–H and O–H groups in total. The van der Waals surface area contributed by atoms with Gasteiger partial charge in [0.1, 0.15) is 17.3 Å². The van der Waals surface area contributed by atoms with Gasteiger partial charge in [0.15, 0.2) is 5.96 Å². The fourth-order valence-electron chi connectivity index (χ4n) is 3.49. The van der Waals surface area contributed by atoms with Crippen LogP contribution in [0.4, 0.5) is 10.1 Å². The first-order chi connectivity index (χ1) is 14.1. The van der Waals surface area contributed by atoms with Gasteiger partial charge >= 0.3 is 0 Å². The fourth-order valence-corrected chi connectivity index (χ4v) is 3.49. The molecule has 1 atom stereocenters. The SMILES string of the molecule is CN=C(NCCc1ccccc1F)NC1CCN(c2cc(OC)cc(OC)c2)C1.I. The molecule has 1 aliphatic rings. The second-order valence-electron chi connectivity index (χ2n) is 6.99. The number of ether oxygens (including phenoxy) is 2. The molecule has 1 unspecified atom stereocenters. The van der Waals surface area contributed by atoms with Crippen LogP contribution in [0.2, 0.25) is 0 Å². The number of nitrogens with zero attached hydrogens (tertiary/aromatic N) is 2. The Bertz CT molecular complexity index is 827. The van der Waals surface area contributed by atoms with Crippen LogP contribution in [0, 0.1) is 5.82 Å². The molecule has 1 fully saturated rings. The molecule has 6 nitrogen and oxygen atoms in total. The van der Waals surface area contributed by atoms with Crippen molar-refractivity contribution in [2.24, 2.45) is 4.99 Å². The van der Waals surface area contributed by atoms with Crippen molar-refractivity contribution >= 4 is 35.6 Å². The Morgan fingerprint density at radius 3 is 2.50 bits per heavy atom. The van der Waals surface area contributed by atoms with E-state index in [4.69, 9.17) is 9.47 Å². The molecule has 0 bridgehead atoms. The van der Waals surface area contributed by atoms with E-state index in [9.17, 15) is 4.39 Å². The van der Waals surface area contributed by atoms with E-state index in [-0.39, 0.29) is 35.8 Å². The van der Waals surface area contributed by atoms with E-state index >= 15 is 0 Å². The standard InChI is InChI=1S/C22H29FN4O2.HI/c1-24-22(25-10-8-16-6-4-5-7-21(16)23)26-17-9-11-27(15-17)18-12-19(28-2)14-20(13-18)29-3;/h4-7,12-14,17H,8-11,15H2,1-3H3,(H2,24,25,26);1H. The maximum absolute atomic E-state index is 13.7. The Labute approximate surface area is 194 Å². The summed E-state index contributed by atoms with van der Waals surface area (Å²) in [7, 11) is 5.06. The maximum Gasteiger partial charge on any atom is 0.191 e. The molecule has 30 heavy (non-hydrogen) atoms. The summed E-state index contributed by atoms with van der Waals surface area (Å²) in [4.78, 5) is 6.60. The minimum Gasteiger partial charge on any atom is -0.497 e. The quantitative estimate of drug-likeness (QED) is 0.328. The van der Waals surface area contributed by atoms with Crippen LogP contribution in [0.1, 0.15) is 12.0 Å². The summed E-state index contributed by atoms with van der Waals surface area (Å²) in [5, 5.41) is 6.74. The molecule has 0 spiro atoms. The van der Waals surface area contributed by atoms with Crippen molar-refractivity contribution in [3.8, 4) is 11.5 Å². The number of halogens is 2. The Kier molecular flexibility index (Phi) is 9.48. The molecule has 1 heterocycles. The lowest BCUT2D eigenvalue weighted by Gasteiger charge is -2.21. The third-order valence-corrected chi connectivity index (χ3v) is 5.10. The highest BCUT2D eigenvalue weighted by molar-refractivity contribution is 14.0. The molecule has 0 aromatic heterocycles. The van der Waals surface area contributed by atoms with Gasteiger partial charge in [-0.1, -0.05) is 18.2 Å². The van der Waals surface area contributed by atoms with E-state index in [1.165, 1.54) is 6.07 Å². The first-order valence-electron chi connectivity index (χ1n) is 9.81. The van der Waals surface area contributed by atoms with Gasteiger partial charge in [-0.15, -0.1) is 24.0 Å². The zero-order valence-corrected chi connectivity index (χ0v) is 20.0. The van der Waals surface area contributed by atoms with E-state index in [1.807, 2.05) is 30.3 Å². The Balaban J connectivity index is 0.00000320. The van der Waals surface area contributed by atoms with E-state index in [0.717, 1.165) is 42.7 Å². The summed E-state index contributed by atoms with van der Waals surface area (Å²) in [6.07, 6.45) is 1.60. The third kappa shape index (κ3) is 6.38. The smallest absolute Gasteiger partial charge is 0.191 e. The van der Waals surface area contributed by atoms with Gasteiger partial charge < -0.3 is 25.0 Å². The molecule has 0 aliphatic carbocycles. The lowest BCUT2D eigenvalue weighted by Crippen LogP contribution is -2.45. The number of nitrogens with one attached hydrogen (secondary N) is 2. The molecule has 0 saturated carbocycles. The highest BCUT2D eigenvalue weighted by atomic mass is 127. The summed E-state index contributed by atoms with van der Waals surface area (Å²) in [5.74, 6) is 2.12. The van der Waals surface area contributed by atoms with Gasteiger partial charge in [-0.2, -0.15) is 0 Å². The molecule has 3 rings (SSSR count). The number of rotatable bonds is 7. The predicted octanol–water partition coefficient (Wildman–Crippen LogP) is 3.45. The average Bonchev–Trinajstić information content (AvgIpc) is 3.22. The molecule has 2 aromatic rings. The van der Waals surface area contributed by atoms with Gasteiger partial charge in [0.2, 0.25) is 0 Å². The number of hydrogen-bond donors (Lipinski definition) is 2. The van der Waals surface area contributed by atoms with E-state index in [1.54, 1.807) is 27.3 Å². The van der Waals surface area contributed by atoms with Crippen LogP contribution < -0.4 is 25.0 Å². The van der Waals surface area contributed by atoms with Gasteiger partial charge in [0, 0.05) is 56.6 Å². The van der Waals surface area contributed by atoms with Gasteiger partial charge in [-0.25, -0.2) is 4.39 Å². The minimum absolute atomic E-state index is 0. The van der Waals surface area contributed by atoms with Gasteiger partial charge in [0.25, 0.3) is 0 Å². The summed E-state index contributed by atoms with van der Waals surface area (Å²) in [5.41, 5.74) is 1.78. The molecular weight excluding hydrogens is 498 g/mol. The number of methoxy groups -OCH3 is 2. The molecule has 8 heteroatoms. The van der Waals surface area contributed by atoms with Crippen molar-refractivity contribution in [2.75, 3.05) is 45.8 Å². The number of aliphatic imine (C=N–C) groups is 1. The monoisotopic (exact) mass is 528 g/mol. The first kappa shape index (κ1) is 24.0. The van der Waals surface area contributed by atoms with E-state index < -0.39 is 0 Å². The third-order valence-electron chi connectivity index (χ3n) is 5.10. The van der Waals surface area contributed by atoms with Crippen molar-refractivity contribution in [1.82, 2.24) is 10.6 Å². The molecule has 1 aliphatic heterocycles. The maximum atomic E-state index is 13.7. The number of guanidine groups is 1. The van der Waals surface area contributed by atoms with E-state index in [0.29, 0.717) is 18.5 Å². The molecule has 164 valence electrons. The number of hydrogen-bond acceptors (Lipinski definition) is 4. The Morgan fingerprint density at radius 2 is 1.87 bits per heavy atom. The van der Waals surface area contributed by atoms with Crippen LogP contribution >= 0.6 is 24.0 Å². The average molecular weight is 528 g/mol. The van der Waals surface area contributed by atoms with Crippen LogP contribution in [-0.2, 0) is 6.42 Å². The highest BCUT2D eigenvalue weighted by Crippen LogP contribution is 2.30. The van der Waals surface area contributed by atoms with Crippen LogP contribution in [0.25, 0.3) is 0 Å². The summed E-state index contributed by atoms with van der Waals surface area (Å²) < 4.78 is 24.5. The van der Waals surface area contributed by atoms with Crippen molar-refractivity contribution in [1.29, 1.82) is 0 Å². The number of benzene rings is 2. The fraction of sp³-hybridized carbons (Fsp3) is 0.409. The Hall–Kier alpha value is -2.23. The molecule has 0 radical (unpaired) electrons. The largest absolute Gasteiger partial charge is 0.497 e. The predicted molar refractivity (Wildman–Crippen MR) is 130 cm³/mol. The van der Waals surface area contributed by atoms with Crippen molar-refractivity contribution < 1.29 is 13.9 Å². The summed E-state index contributed by atoms with van der Waals surface area (Å²) in [6.45, 7) is 2.40. The molecule has 2 aromatic carbocycles. The zero-order chi connectivity index (χ0) is 20.6. The molecule has 1 saturated heterocycles. The highest BCUT2D eigenvalue weighted by Gasteiger charge is 2.24. The van der Waals surface area contributed by atoms with Crippen molar-refractivity contribution in [3.05, 3.63) is 53.8 Å². The van der Waals surface area contributed by atoms with Crippen LogP contribution in [0.3, 0.4) is 0 Å². The topological polar surface area (TPSA) is 58.1 Å². The summed E-state index contributed by atoms with van der Waals surface area (Å²) >= 11 is 0. The normalized spacial score (nSPS) is 16.1. The molecule has 0 amide bonds. The Morgan fingerprint density at radius 1 is 1.17 bits per heavy atom. The van der Waals surface area contributed by atoms with Gasteiger partial charge in [0.05, 0.1) is 14.2 Å². The zero-order valence-electron chi connectivity index (χ0n) is 17.7. The molecular formula is C22H30FIN4O2. The number of anilines is 1. The second-order valence-corrected chi connectivity index (χ2v) is 6.99. The van der Waals surface area contributed by atoms with Gasteiger partial charge in [-0.3, -0.25) is 4.99 Å². The van der Waals surface area contributed by atoms with E-state index in [2.05, 4.69) is 20.5 Å². The lowest BCUT2D eigenvalue weighted by atomic mass is 10.1. The van der Waals surface area contributed by atoms with Crippen molar-refractivity contribution in [3.63, 3.8) is 0 Å². The second kappa shape index (κ2) is 11.8. The van der Waals surface area contributed by atoms with Gasteiger partial charge in [-0.05, 0) is 24.5 Å². The van der Waals surface area contributed by atoms with Crippen LogP contribution in [0.15, 0.2) is 47.5 Å². The minimum atomic E-state index is -0.169. The van der Waals surface area contributed by atoms with Crippen molar-refractivity contribution in [2.45, 2.75) is 18.9 Å². The lowest BCUT2D eigenvalue weighted by molar-refractivity contribution is 0.394. The first-order valence-corrected chi connectivity index (χ1v) is 9.81. The summed E-state index contributed by atoms with van der Waals surface area (Å²) in [6, 6.07) is 13.0. The van der Waals surface area contributed by atoms with Crippen LogP contribution in [0.5, 0.6) is 11.5 Å². The van der Waals surface area contributed by atoms with Crippen LogP contribution in [-0.4, -0.2) is 52.9 Å².